The molecule has 3 aromatic heterocycles. The Hall–Kier alpha value is -2.48. The lowest BCUT2D eigenvalue weighted by atomic mass is 10.3. The molecule has 8 heteroatoms. The minimum Gasteiger partial charge on any atom is -0.330 e. The first-order valence-corrected chi connectivity index (χ1v) is 8.88. The molecular formula is C17H24N8. The van der Waals surface area contributed by atoms with Gasteiger partial charge in [-0.15, -0.1) is 0 Å². The molecule has 0 fully saturated rings. The van der Waals surface area contributed by atoms with Crippen LogP contribution in [0, 0.1) is 13.8 Å². The van der Waals surface area contributed by atoms with Crippen molar-refractivity contribution >= 4 is 0 Å². The molecule has 1 N–H and O–H groups in total. The summed E-state index contributed by atoms with van der Waals surface area (Å²) in [6, 6.07) is 2.15. The molecule has 0 spiro atoms. The number of hydrogen-bond acceptors (Lipinski definition) is 5. The zero-order chi connectivity index (χ0) is 17.2. The molecule has 8 nitrogen and oxygen atoms in total. The van der Waals surface area contributed by atoms with Gasteiger partial charge in [-0.2, -0.15) is 10.2 Å². The highest BCUT2D eigenvalue weighted by Crippen LogP contribution is 2.19. The molecule has 0 aliphatic carbocycles. The molecule has 1 aliphatic heterocycles. The molecule has 1 aliphatic rings. The Labute approximate surface area is 146 Å². The second-order valence-corrected chi connectivity index (χ2v) is 6.50. The quantitative estimate of drug-likeness (QED) is 0.762. The number of aryl methyl sites for hydroxylation is 5. The Morgan fingerprint density at radius 2 is 2.12 bits per heavy atom. The van der Waals surface area contributed by atoms with E-state index in [1.807, 2.05) is 30.9 Å². The molecule has 25 heavy (non-hydrogen) atoms. The summed E-state index contributed by atoms with van der Waals surface area (Å²) in [7, 11) is 0. The Balaban J connectivity index is 1.46. The molecule has 0 unspecified atom stereocenters. The van der Waals surface area contributed by atoms with Gasteiger partial charge < -0.3 is 9.88 Å². The van der Waals surface area contributed by atoms with Crippen LogP contribution in [0.15, 0.2) is 18.5 Å². The lowest BCUT2D eigenvalue weighted by Crippen LogP contribution is -2.11. The van der Waals surface area contributed by atoms with E-state index in [-0.39, 0.29) is 0 Å². The fourth-order valence-electron chi connectivity index (χ4n) is 3.36. The minimum absolute atomic E-state index is 0.828. The predicted octanol–water partition coefficient (Wildman–Crippen LogP) is 1.54. The van der Waals surface area contributed by atoms with Gasteiger partial charge in [0.2, 0.25) is 0 Å². The van der Waals surface area contributed by atoms with E-state index in [1.54, 1.807) is 0 Å². The highest BCUT2D eigenvalue weighted by atomic mass is 15.3. The average molecular weight is 340 g/mol. The topological polar surface area (TPSA) is 78.4 Å². The second-order valence-electron chi connectivity index (χ2n) is 6.50. The summed E-state index contributed by atoms with van der Waals surface area (Å²) >= 11 is 0. The summed E-state index contributed by atoms with van der Waals surface area (Å²) in [4.78, 5) is 8.88. The highest BCUT2D eigenvalue weighted by molar-refractivity contribution is 5.50. The summed E-state index contributed by atoms with van der Waals surface area (Å²) < 4.78 is 6.25. The van der Waals surface area contributed by atoms with E-state index in [4.69, 9.17) is 5.10 Å². The number of hydrogen-bond donors (Lipinski definition) is 1. The van der Waals surface area contributed by atoms with Crippen molar-refractivity contribution in [1.29, 1.82) is 0 Å². The standard InChI is InChI=1S/C17H24N8/c1-13-20-14(2)24(21-13)9-4-7-23-10-6-19-17(23)16-11-15-12-18-5-3-8-25(15)22-16/h6,10-11,18H,3-5,7-9,12H2,1-2H3. The summed E-state index contributed by atoms with van der Waals surface area (Å²) in [6.07, 6.45) is 5.96. The smallest absolute Gasteiger partial charge is 0.160 e. The van der Waals surface area contributed by atoms with Crippen molar-refractivity contribution < 1.29 is 0 Å². The molecule has 132 valence electrons. The molecule has 0 saturated carbocycles. The van der Waals surface area contributed by atoms with E-state index < -0.39 is 0 Å². The lowest BCUT2D eigenvalue weighted by Gasteiger charge is -2.07. The van der Waals surface area contributed by atoms with Crippen molar-refractivity contribution in [3.05, 3.63) is 35.8 Å². The van der Waals surface area contributed by atoms with Crippen molar-refractivity contribution in [3.8, 4) is 11.5 Å². The SMILES string of the molecule is Cc1nc(C)n(CCCn2ccnc2-c2cc3n(n2)CCCNC3)n1. The van der Waals surface area contributed by atoms with Gasteiger partial charge in [-0.05, 0) is 39.3 Å². The third kappa shape index (κ3) is 3.34. The van der Waals surface area contributed by atoms with Crippen LogP contribution in [0.4, 0.5) is 0 Å². The van der Waals surface area contributed by atoms with E-state index in [9.17, 15) is 0 Å². The van der Waals surface area contributed by atoms with Crippen LogP contribution in [-0.4, -0.2) is 40.6 Å². The molecule has 0 aromatic carbocycles. The summed E-state index contributed by atoms with van der Waals surface area (Å²) in [5, 5.41) is 12.6. The highest BCUT2D eigenvalue weighted by Gasteiger charge is 2.15. The Morgan fingerprint density at radius 3 is 2.96 bits per heavy atom. The lowest BCUT2D eigenvalue weighted by molar-refractivity contribution is 0.516. The third-order valence-electron chi connectivity index (χ3n) is 4.57. The molecule has 0 bridgehead atoms. The molecule has 0 radical (unpaired) electrons. The summed E-state index contributed by atoms with van der Waals surface area (Å²) in [5.74, 6) is 2.73. The Bertz CT molecular complexity index is 833. The number of aromatic nitrogens is 7. The molecule has 0 amide bonds. The van der Waals surface area contributed by atoms with Crippen molar-refractivity contribution in [3.63, 3.8) is 0 Å². The number of imidazole rings is 1. The van der Waals surface area contributed by atoms with Gasteiger partial charge in [0.05, 0.1) is 5.69 Å². The van der Waals surface area contributed by atoms with Crippen LogP contribution in [0.25, 0.3) is 11.5 Å². The maximum Gasteiger partial charge on any atom is 0.160 e. The van der Waals surface area contributed by atoms with Crippen LogP contribution in [0.2, 0.25) is 0 Å². The normalized spacial score (nSPS) is 14.5. The van der Waals surface area contributed by atoms with Gasteiger partial charge in [0, 0.05) is 38.6 Å². The average Bonchev–Trinajstić information content (AvgIpc) is 3.24. The number of nitrogens with zero attached hydrogens (tertiary/aromatic N) is 7. The van der Waals surface area contributed by atoms with Crippen molar-refractivity contribution in [2.45, 2.75) is 52.9 Å². The number of nitrogens with one attached hydrogen (secondary N) is 1. The Kier molecular flexibility index (Phi) is 4.35. The first kappa shape index (κ1) is 16.0. The maximum atomic E-state index is 4.76. The van der Waals surface area contributed by atoms with Crippen LogP contribution in [-0.2, 0) is 26.2 Å². The second kappa shape index (κ2) is 6.79. The van der Waals surface area contributed by atoms with Crippen LogP contribution in [0.1, 0.15) is 30.2 Å². The summed E-state index contributed by atoms with van der Waals surface area (Å²) in [5.41, 5.74) is 2.19. The van der Waals surface area contributed by atoms with Gasteiger partial charge in [0.1, 0.15) is 17.3 Å². The van der Waals surface area contributed by atoms with Crippen molar-refractivity contribution in [1.82, 2.24) is 39.4 Å². The fourth-order valence-corrected chi connectivity index (χ4v) is 3.36. The van der Waals surface area contributed by atoms with Crippen molar-refractivity contribution in [2.24, 2.45) is 0 Å². The predicted molar refractivity (Wildman–Crippen MR) is 93.9 cm³/mol. The van der Waals surface area contributed by atoms with Crippen LogP contribution in [0.3, 0.4) is 0 Å². The molecule has 0 atom stereocenters. The van der Waals surface area contributed by atoms with Gasteiger partial charge in [-0.25, -0.2) is 9.97 Å². The minimum atomic E-state index is 0.828. The van der Waals surface area contributed by atoms with Gasteiger partial charge in [-0.1, -0.05) is 0 Å². The van der Waals surface area contributed by atoms with Gasteiger partial charge >= 0.3 is 0 Å². The first-order valence-electron chi connectivity index (χ1n) is 8.88. The molecule has 0 saturated heterocycles. The van der Waals surface area contributed by atoms with E-state index in [0.717, 1.165) is 68.7 Å². The van der Waals surface area contributed by atoms with Crippen molar-refractivity contribution in [2.75, 3.05) is 6.54 Å². The molecule has 4 rings (SSSR count). The van der Waals surface area contributed by atoms with Gasteiger partial charge in [0.15, 0.2) is 5.82 Å². The van der Waals surface area contributed by atoms with Gasteiger partial charge in [0.25, 0.3) is 0 Å². The van der Waals surface area contributed by atoms with E-state index in [2.05, 4.69) is 35.7 Å². The maximum absolute atomic E-state index is 4.76. The molecular weight excluding hydrogens is 316 g/mol. The molecule has 4 heterocycles. The fraction of sp³-hybridized carbons (Fsp3) is 0.529. The zero-order valence-electron chi connectivity index (χ0n) is 14.8. The van der Waals surface area contributed by atoms with Crippen LogP contribution >= 0.6 is 0 Å². The zero-order valence-corrected chi connectivity index (χ0v) is 14.8. The van der Waals surface area contributed by atoms with Crippen LogP contribution < -0.4 is 5.32 Å². The largest absolute Gasteiger partial charge is 0.330 e. The Morgan fingerprint density at radius 1 is 1.20 bits per heavy atom. The van der Waals surface area contributed by atoms with Gasteiger partial charge in [-0.3, -0.25) is 9.36 Å². The summed E-state index contributed by atoms with van der Waals surface area (Å²) in [6.45, 7) is 8.55. The van der Waals surface area contributed by atoms with E-state index in [1.165, 1.54) is 5.69 Å². The van der Waals surface area contributed by atoms with E-state index >= 15 is 0 Å². The van der Waals surface area contributed by atoms with E-state index in [0.29, 0.717) is 0 Å². The number of rotatable bonds is 5. The monoisotopic (exact) mass is 340 g/mol. The molecule has 3 aromatic rings. The third-order valence-corrected chi connectivity index (χ3v) is 4.57. The first-order chi connectivity index (χ1) is 12.2. The van der Waals surface area contributed by atoms with Crippen LogP contribution in [0.5, 0.6) is 0 Å². The number of fused-ring (bicyclic) bond motifs is 1.